The van der Waals surface area contributed by atoms with E-state index in [0.29, 0.717) is 5.56 Å². The first kappa shape index (κ1) is 17.1. The van der Waals surface area contributed by atoms with Gasteiger partial charge in [-0.15, -0.1) is 0 Å². The van der Waals surface area contributed by atoms with Crippen LogP contribution < -0.4 is 5.32 Å². The molecule has 1 amide bonds. The minimum Gasteiger partial charge on any atom is -0.395 e. The monoisotopic (exact) mass is 313 g/mol. The van der Waals surface area contributed by atoms with Crippen molar-refractivity contribution in [2.24, 2.45) is 0 Å². The van der Waals surface area contributed by atoms with Crippen LogP contribution in [0.15, 0.2) is 18.2 Å². The summed E-state index contributed by atoms with van der Waals surface area (Å²) in [7, 11) is -3.54. The Kier molecular flexibility index (Phi) is 5.88. The molecular weight excluding hydrogens is 297 g/mol. The van der Waals surface area contributed by atoms with E-state index < -0.39 is 26.8 Å². The lowest BCUT2D eigenvalue weighted by molar-refractivity contribution is -0.115. The number of hydrogen-bond acceptors (Lipinski definition) is 4. The number of rotatable bonds is 4. The molecule has 7 heteroatoms. The van der Waals surface area contributed by atoms with Gasteiger partial charge in [0.15, 0.2) is 9.84 Å². The predicted octanol–water partition coefficient (Wildman–Crippen LogP) is 0.931. The Morgan fingerprint density at radius 3 is 2.67 bits per heavy atom. The zero-order valence-corrected chi connectivity index (χ0v) is 12.5. The molecule has 1 atom stereocenters. The maximum Gasteiger partial charge on any atom is 0.242 e. The zero-order valence-electron chi connectivity index (χ0n) is 11.7. The number of aliphatic hydroxyl groups is 1. The lowest BCUT2D eigenvalue weighted by atomic mass is 10.2. The summed E-state index contributed by atoms with van der Waals surface area (Å²) < 4.78 is 36.3. The van der Waals surface area contributed by atoms with Gasteiger partial charge < -0.3 is 10.4 Å². The van der Waals surface area contributed by atoms with Gasteiger partial charge in [-0.3, -0.25) is 4.79 Å². The summed E-state index contributed by atoms with van der Waals surface area (Å²) in [5.74, 6) is 3.79. The fourth-order valence-electron chi connectivity index (χ4n) is 1.34. The number of aliphatic hydroxyl groups excluding tert-OH is 1. The third-order valence-electron chi connectivity index (χ3n) is 2.71. The highest BCUT2D eigenvalue weighted by Gasteiger charge is 2.24. The van der Waals surface area contributed by atoms with Gasteiger partial charge in [-0.1, -0.05) is 11.8 Å². The molecule has 2 N–H and O–H groups in total. The Balaban J connectivity index is 2.87. The van der Waals surface area contributed by atoms with Crippen molar-refractivity contribution in [1.29, 1.82) is 0 Å². The molecule has 0 aliphatic heterocycles. The topological polar surface area (TPSA) is 83.5 Å². The van der Waals surface area contributed by atoms with Crippen molar-refractivity contribution in [2.45, 2.75) is 18.6 Å². The molecule has 0 spiro atoms. The quantitative estimate of drug-likeness (QED) is 0.810. The van der Waals surface area contributed by atoms with Gasteiger partial charge in [0, 0.05) is 18.2 Å². The van der Waals surface area contributed by atoms with Gasteiger partial charge in [0.05, 0.1) is 12.3 Å². The van der Waals surface area contributed by atoms with Gasteiger partial charge in [-0.05, 0) is 25.1 Å². The second-order valence-corrected chi connectivity index (χ2v) is 6.80. The Morgan fingerprint density at radius 2 is 2.14 bits per heavy atom. The first-order valence-electron chi connectivity index (χ1n) is 6.14. The molecule has 0 heterocycles. The van der Waals surface area contributed by atoms with Gasteiger partial charge in [0.25, 0.3) is 0 Å². The molecule has 0 fully saturated rings. The normalized spacial score (nSPS) is 12.2. The van der Waals surface area contributed by atoms with E-state index in [2.05, 4.69) is 17.2 Å². The van der Waals surface area contributed by atoms with Crippen LogP contribution in [0.4, 0.5) is 10.1 Å². The Morgan fingerprint density at radius 1 is 1.48 bits per heavy atom. The number of anilines is 1. The van der Waals surface area contributed by atoms with Gasteiger partial charge in [-0.2, -0.15) is 0 Å². The predicted molar refractivity (Wildman–Crippen MR) is 77.9 cm³/mol. The van der Waals surface area contributed by atoms with E-state index in [9.17, 15) is 17.6 Å². The number of hydrogen-bond donors (Lipinski definition) is 2. The van der Waals surface area contributed by atoms with Crippen LogP contribution in [0.5, 0.6) is 0 Å². The number of nitrogens with one attached hydrogen (secondary N) is 1. The minimum absolute atomic E-state index is 0.0764. The van der Waals surface area contributed by atoms with Crippen LogP contribution >= 0.6 is 0 Å². The molecule has 0 saturated carbocycles. The van der Waals surface area contributed by atoms with E-state index in [4.69, 9.17) is 5.11 Å². The first-order chi connectivity index (χ1) is 9.75. The van der Waals surface area contributed by atoms with Gasteiger partial charge >= 0.3 is 0 Å². The van der Waals surface area contributed by atoms with E-state index in [1.807, 2.05) is 0 Å². The maximum atomic E-state index is 13.8. The van der Waals surface area contributed by atoms with E-state index in [1.165, 1.54) is 19.1 Å². The van der Waals surface area contributed by atoms with Crippen molar-refractivity contribution < 1.29 is 22.7 Å². The van der Waals surface area contributed by atoms with Crippen molar-refractivity contribution in [3.63, 3.8) is 0 Å². The van der Waals surface area contributed by atoms with Crippen molar-refractivity contribution in [3.8, 4) is 11.8 Å². The van der Waals surface area contributed by atoms with Crippen LogP contribution in [0.25, 0.3) is 0 Å². The number of carbonyl (C=O) groups is 1. The highest BCUT2D eigenvalue weighted by molar-refractivity contribution is 7.92. The van der Waals surface area contributed by atoms with Crippen molar-refractivity contribution in [1.82, 2.24) is 0 Å². The summed E-state index contributed by atoms with van der Waals surface area (Å²) >= 11 is 0. The molecule has 0 radical (unpaired) electrons. The molecule has 114 valence electrons. The summed E-state index contributed by atoms with van der Waals surface area (Å²) in [6.45, 7) is 1.16. The van der Waals surface area contributed by atoms with Crippen molar-refractivity contribution in [2.75, 3.05) is 18.2 Å². The van der Waals surface area contributed by atoms with E-state index >= 15 is 0 Å². The third-order valence-corrected chi connectivity index (χ3v) is 4.21. The number of sulfone groups is 1. The second-order valence-electron chi connectivity index (χ2n) is 4.43. The van der Waals surface area contributed by atoms with Crippen LogP contribution in [0.3, 0.4) is 0 Å². The minimum atomic E-state index is -3.54. The summed E-state index contributed by atoms with van der Waals surface area (Å²) in [4.78, 5) is 11.7. The molecule has 0 aliphatic carbocycles. The molecule has 0 bridgehead atoms. The lowest BCUT2D eigenvalue weighted by Gasteiger charge is -2.11. The van der Waals surface area contributed by atoms with Crippen LogP contribution in [-0.2, 0) is 14.6 Å². The fourth-order valence-corrected chi connectivity index (χ4v) is 1.79. The molecule has 5 nitrogen and oxygen atoms in total. The van der Waals surface area contributed by atoms with Gasteiger partial charge in [0.2, 0.25) is 5.91 Å². The summed E-state index contributed by atoms with van der Waals surface area (Å²) in [5.41, 5.74) is 0.290. The van der Waals surface area contributed by atoms with E-state index in [0.717, 1.165) is 12.3 Å². The number of benzene rings is 1. The summed E-state index contributed by atoms with van der Waals surface area (Å²) in [6.07, 6.45) is 1.22. The average molecular weight is 313 g/mol. The molecule has 1 aromatic carbocycles. The highest BCUT2D eigenvalue weighted by atomic mass is 32.2. The highest BCUT2D eigenvalue weighted by Crippen LogP contribution is 2.16. The smallest absolute Gasteiger partial charge is 0.242 e. The number of carbonyl (C=O) groups excluding carboxylic acids is 1. The van der Waals surface area contributed by atoms with Crippen LogP contribution in [0, 0.1) is 17.7 Å². The van der Waals surface area contributed by atoms with E-state index in [-0.39, 0.29) is 18.7 Å². The summed E-state index contributed by atoms with van der Waals surface area (Å²) in [6, 6.07) is 3.93. The van der Waals surface area contributed by atoms with Crippen molar-refractivity contribution >= 4 is 21.4 Å². The SMILES string of the molecule is CC(C(=O)Nc1ccc(C#CCCO)cc1F)S(C)(=O)=O. The summed E-state index contributed by atoms with van der Waals surface area (Å²) in [5, 5.41) is 9.55. The van der Waals surface area contributed by atoms with Crippen LogP contribution in [0.1, 0.15) is 18.9 Å². The molecule has 21 heavy (non-hydrogen) atoms. The third kappa shape index (κ3) is 5.17. The number of amides is 1. The molecule has 0 saturated heterocycles. The van der Waals surface area contributed by atoms with Crippen LogP contribution in [-0.4, -0.2) is 37.5 Å². The molecule has 1 aromatic rings. The standard InChI is InChI=1S/C14H16FNO4S/c1-10(21(2,19)20)14(18)16-13-7-6-11(9-12(13)15)5-3-4-8-17/h6-7,9-10,17H,4,8H2,1-2H3,(H,16,18). The molecule has 1 rings (SSSR count). The van der Waals surface area contributed by atoms with Crippen LogP contribution in [0.2, 0.25) is 0 Å². The van der Waals surface area contributed by atoms with Gasteiger partial charge in [0.1, 0.15) is 11.1 Å². The fraction of sp³-hybridized carbons (Fsp3) is 0.357. The molecular formula is C14H16FNO4S. The van der Waals surface area contributed by atoms with Crippen molar-refractivity contribution in [3.05, 3.63) is 29.6 Å². The lowest BCUT2D eigenvalue weighted by Crippen LogP contribution is -2.32. The largest absolute Gasteiger partial charge is 0.395 e. The average Bonchev–Trinajstić information content (AvgIpc) is 2.40. The van der Waals surface area contributed by atoms with Gasteiger partial charge in [-0.25, -0.2) is 12.8 Å². The Bertz CT molecular complexity index is 689. The Hall–Kier alpha value is -1.91. The molecule has 0 aromatic heterocycles. The van der Waals surface area contributed by atoms with E-state index in [1.54, 1.807) is 0 Å². The first-order valence-corrected chi connectivity index (χ1v) is 8.10. The molecule has 1 unspecified atom stereocenters. The number of halogens is 1. The molecule has 0 aliphatic rings. The Labute approximate surface area is 123 Å². The maximum absolute atomic E-state index is 13.8. The second kappa shape index (κ2) is 7.20. The zero-order chi connectivity index (χ0) is 16.0.